The molecule has 0 amide bonds. The summed E-state index contributed by atoms with van der Waals surface area (Å²) < 4.78 is 0. The molecule has 0 aliphatic carbocycles. The minimum Gasteiger partial charge on any atom is -0.661 e. The lowest BCUT2D eigenvalue weighted by Gasteiger charge is -2.32. The Labute approximate surface area is 104 Å². The van der Waals surface area contributed by atoms with Gasteiger partial charge < -0.3 is 10.2 Å². The van der Waals surface area contributed by atoms with Gasteiger partial charge in [-0.2, -0.15) is 7.05 Å². The number of benzene rings is 1. The molecule has 1 heterocycles. The maximum absolute atomic E-state index is 4.18. The van der Waals surface area contributed by atoms with E-state index in [1.807, 2.05) is 7.05 Å². The molecule has 1 aromatic rings. The van der Waals surface area contributed by atoms with Crippen molar-refractivity contribution in [1.82, 2.24) is 9.80 Å². The molecule has 3 nitrogen and oxygen atoms in total. The molecule has 1 aliphatic rings. The van der Waals surface area contributed by atoms with Crippen molar-refractivity contribution in [1.29, 1.82) is 0 Å². The third kappa shape index (κ3) is 3.80. The minimum absolute atomic E-state index is 0.830. The standard InChI is InChI=1S/C14H22N3/c1-15-11-13-4-3-5-14(10-13)12-17-8-6-16(2)7-9-17/h3-5,10H,6-9,11-12H2,1-2H3/q-1. The fourth-order valence-corrected chi connectivity index (χ4v) is 2.27. The number of hydrogen-bond acceptors (Lipinski definition) is 2. The van der Waals surface area contributed by atoms with Crippen LogP contribution in [0.15, 0.2) is 24.3 Å². The van der Waals surface area contributed by atoms with Gasteiger partial charge in [-0.1, -0.05) is 29.8 Å². The highest BCUT2D eigenvalue weighted by molar-refractivity contribution is 5.24. The van der Waals surface area contributed by atoms with Crippen LogP contribution >= 0.6 is 0 Å². The molecular formula is C14H22N3-. The Bertz CT molecular complexity index is 343. The Morgan fingerprint density at radius 1 is 1.12 bits per heavy atom. The van der Waals surface area contributed by atoms with Crippen molar-refractivity contribution < 1.29 is 0 Å². The first kappa shape index (κ1) is 12.6. The van der Waals surface area contributed by atoms with E-state index in [-0.39, 0.29) is 0 Å². The summed E-state index contributed by atoms with van der Waals surface area (Å²) in [6, 6.07) is 8.80. The van der Waals surface area contributed by atoms with Gasteiger partial charge in [-0.3, -0.25) is 4.90 Å². The van der Waals surface area contributed by atoms with Gasteiger partial charge in [-0.05, 0) is 12.6 Å². The monoisotopic (exact) mass is 232 g/mol. The predicted molar refractivity (Wildman–Crippen MR) is 72.2 cm³/mol. The van der Waals surface area contributed by atoms with E-state index in [0.717, 1.165) is 13.1 Å². The lowest BCUT2D eigenvalue weighted by molar-refractivity contribution is 0.148. The highest BCUT2D eigenvalue weighted by Gasteiger charge is 2.13. The number of likely N-dealkylation sites (N-methyl/N-ethyl adjacent to an activating group) is 1. The zero-order chi connectivity index (χ0) is 12.1. The van der Waals surface area contributed by atoms with Crippen LogP contribution in [0.1, 0.15) is 11.1 Å². The Balaban J connectivity index is 1.91. The maximum Gasteiger partial charge on any atom is 0.0234 e. The van der Waals surface area contributed by atoms with Gasteiger partial charge in [0.2, 0.25) is 0 Å². The van der Waals surface area contributed by atoms with Gasteiger partial charge in [-0.25, -0.2) is 0 Å². The quantitative estimate of drug-likeness (QED) is 0.791. The first-order valence-electron chi connectivity index (χ1n) is 6.32. The summed E-state index contributed by atoms with van der Waals surface area (Å²) in [6.45, 7) is 6.63. The highest BCUT2D eigenvalue weighted by atomic mass is 15.2. The minimum atomic E-state index is 0.830. The Kier molecular flexibility index (Phi) is 4.54. The molecule has 1 aromatic carbocycles. The molecular weight excluding hydrogens is 210 g/mol. The van der Waals surface area contributed by atoms with E-state index >= 15 is 0 Å². The van der Waals surface area contributed by atoms with Crippen LogP contribution in [-0.2, 0) is 13.1 Å². The van der Waals surface area contributed by atoms with Gasteiger partial charge in [0.05, 0.1) is 0 Å². The summed E-state index contributed by atoms with van der Waals surface area (Å²) in [5, 5.41) is 4.18. The van der Waals surface area contributed by atoms with E-state index in [9.17, 15) is 0 Å². The first-order chi connectivity index (χ1) is 8.28. The molecule has 1 saturated heterocycles. The van der Waals surface area contributed by atoms with Gasteiger partial charge in [0, 0.05) is 32.7 Å². The topological polar surface area (TPSA) is 20.6 Å². The van der Waals surface area contributed by atoms with Crippen molar-refractivity contribution in [3.63, 3.8) is 0 Å². The normalized spacial score (nSPS) is 18.5. The van der Waals surface area contributed by atoms with E-state index in [2.05, 4.69) is 46.4 Å². The molecule has 0 atom stereocenters. The van der Waals surface area contributed by atoms with Gasteiger partial charge in [0.15, 0.2) is 0 Å². The summed E-state index contributed by atoms with van der Waals surface area (Å²) in [6.07, 6.45) is 0. The summed E-state index contributed by atoms with van der Waals surface area (Å²) in [7, 11) is 4.06. The van der Waals surface area contributed by atoms with Crippen molar-refractivity contribution in [2.45, 2.75) is 13.1 Å². The highest BCUT2D eigenvalue weighted by Crippen LogP contribution is 2.11. The molecule has 0 radical (unpaired) electrons. The van der Waals surface area contributed by atoms with Crippen molar-refractivity contribution in [2.75, 3.05) is 40.3 Å². The SMILES string of the molecule is C[N-]Cc1cccc(CN2CCN(C)CC2)c1. The lowest BCUT2D eigenvalue weighted by Crippen LogP contribution is -2.43. The molecule has 0 N–H and O–H groups in total. The third-order valence-electron chi connectivity index (χ3n) is 3.33. The van der Waals surface area contributed by atoms with Crippen LogP contribution in [0.4, 0.5) is 0 Å². The summed E-state index contributed by atoms with van der Waals surface area (Å²) >= 11 is 0. The van der Waals surface area contributed by atoms with Crippen LogP contribution in [0, 0.1) is 0 Å². The molecule has 0 spiro atoms. The molecule has 1 aliphatic heterocycles. The summed E-state index contributed by atoms with van der Waals surface area (Å²) in [4.78, 5) is 4.92. The van der Waals surface area contributed by atoms with Crippen molar-refractivity contribution >= 4 is 0 Å². The maximum atomic E-state index is 4.18. The average Bonchev–Trinajstić information content (AvgIpc) is 2.33. The zero-order valence-corrected chi connectivity index (χ0v) is 10.9. The van der Waals surface area contributed by atoms with Crippen molar-refractivity contribution in [2.24, 2.45) is 0 Å². The number of nitrogens with zero attached hydrogens (tertiary/aromatic N) is 3. The number of hydrogen-bond donors (Lipinski definition) is 0. The van der Waals surface area contributed by atoms with E-state index < -0.39 is 0 Å². The Morgan fingerprint density at radius 2 is 1.82 bits per heavy atom. The average molecular weight is 232 g/mol. The van der Waals surface area contributed by atoms with E-state index in [4.69, 9.17) is 0 Å². The van der Waals surface area contributed by atoms with E-state index in [0.29, 0.717) is 0 Å². The van der Waals surface area contributed by atoms with Crippen molar-refractivity contribution in [3.05, 3.63) is 40.7 Å². The van der Waals surface area contributed by atoms with Gasteiger partial charge in [0.1, 0.15) is 0 Å². The number of piperazine rings is 1. The second-order valence-corrected chi connectivity index (χ2v) is 4.87. The van der Waals surface area contributed by atoms with Crippen LogP contribution < -0.4 is 0 Å². The Morgan fingerprint density at radius 3 is 2.53 bits per heavy atom. The number of rotatable bonds is 4. The predicted octanol–water partition coefficient (Wildman–Crippen LogP) is 1.94. The van der Waals surface area contributed by atoms with Crippen LogP contribution in [-0.4, -0.2) is 50.1 Å². The van der Waals surface area contributed by atoms with Crippen LogP contribution in [0.25, 0.3) is 5.32 Å². The summed E-state index contributed by atoms with van der Waals surface area (Å²) in [5.41, 5.74) is 2.73. The van der Waals surface area contributed by atoms with E-state index in [1.54, 1.807) is 0 Å². The molecule has 94 valence electrons. The van der Waals surface area contributed by atoms with Gasteiger partial charge >= 0.3 is 0 Å². The molecule has 0 bridgehead atoms. The van der Waals surface area contributed by atoms with Crippen LogP contribution in [0.5, 0.6) is 0 Å². The first-order valence-corrected chi connectivity index (χ1v) is 6.32. The molecule has 2 rings (SSSR count). The third-order valence-corrected chi connectivity index (χ3v) is 3.33. The fraction of sp³-hybridized carbons (Fsp3) is 0.571. The van der Waals surface area contributed by atoms with Crippen molar-refractivity contribution in [3.8, 4) is 0 Å². The summed E-state index contributed by atoms with van der Waals surface area (Å²) in [5.74, 6) is 0. The molecule has 0 unspecified atom stereocenters. The molecule has 0 aromatic heterocycles. The largest absolute Gasteiger partial charge is 0.661 e. The fourth-order valence-electron chi connectivity index (χ4n) is 2.27. The zero-order valence-electron chi connectivity index (χ0n) is 10.9. The molecule has 1 fully saturated rings. The molecule has 0 saturated carbocycles. The second-order valence-electron chi connectivity index (χ2n) is 4.87. The van der Waals surface area contributed by atoms with Gasteiger partial charge in [0.25, 0.3) is 0 Å². The van der Waals surface area contributed by atoms with Gasteiger partial charge in [-0.15, -0.1) is 6.54 Å². The molecule has 3 heteroatoms. The second kappa shape index (κ2) is 6.15. The smallest absolute Gasteiger partial charge is 0.0234 e. The Hall–Kier alpha value is -0.900. The van der Waals surface area contributed by atoms with E-state index in [1.165, 1.54) is 37.3 Å². The van der Waals surface area contributed by atoms with Crippen LogP contribution in [0.2, 0.25) is 0 Å². The van der Waals surface area contributed by atoms with Crippen LogP contribution in [0.3, 0.4) is 0 Å². The lowest BCUT2D eigenvalue weighted by atomic mass is 10.1. The molecule has 17 heavy (non-hydrogen) atoms.